The number of rotatable bonds is 6. The summed E-state index contributed by atoms with van der Waals surface area (Å²) >= 11 is 6.09. The maximum atomic E-state index is 6.09. The molecule has 0 saturated heterocycles. The maximum Gasteiger partial charge on any atom is 0.142 e. The summed E-state index contributed by atoms with van der Waals surface area (Å²) in [6.07, 6.45) is 1.71. The van der Waals surface area contributed by atoms with Gasteiger partial charge in [-0.3, -0.25) is 0 Å². The molecule has 0 bridgehead atoms. The van der Waals surface area contributed by atoms with Crippen LogP contribution in [0, 0.1) is 0 Å². The molecule has 0 amide bonds. The van der Waals surface area contributed by atoms with E-state index in [0.717, 1.165) is 17.9 Å². The van der Waals surface area contributed by atoms with Gasteiger partial charge >= 0.3 is 0 Å². The first-order chi connectivity index (χ1) is 7.65. The molecule has 0 aliphatic heterocycles. The van der Waals surface area contributed by atoms with E-state index in [9.17, 15) is 0 Å². The van der Waals surface area contributed by atoms with Crippen LogP contribution in [0.25, 0.3) is 0 Å². The Morgan fingerprint density at radius 3 is 2.88 bits per heavy atom. The summed E-state index contributed by atoms with van der Waals surface area (Å²) in [4.78, 5) is 0. The van der Waals surface area contributed by atoms with Gasteiger partial charge in [0.15, 0.2) is 0 Å². The molecule has 0 spiro atoms. The number of halogens is 1. The van der Waals surface area contributed by atoms with E-state index in [0.29, 0.717) is 17.7 Å². The Morgan fingerprint density at radius 2 is 2.25 bits per heavy atom. The van der Waals surface area contributed by atoms with Gasteiger partial charge in [-0.15, -0.1) is 0 Å². The second-order valence-corrected chi connectivity index (χ2v) is 4.27. The molecule has 0 radical (unpaired) electrons. The fraction of sp³-hybridized carbons (Fsp3) is 0.385. The lowest BCUT2D eigenvalue weighted by Gasteiger charge is -2.14. The highest BCUT2D eigenvalue weighted by Gasteiger charge is 2.07. The van der Waals surface area contributed by atoms with Crippen molar-refractivity contribution < 1.29 is 4.74 Å². The van der Waals surface area contributed by atoms with Gasteiger partial charge in [-0.25, -0.2) is 0 Å². The molecule has 16 heavy (non-hydrogen) atoms. The minimum absolute atomic E-state index is 0.436. The lowest BCUT2D eigenvalue weighted by atomic mass is 10.2. The first-order valence-electron chi connectivity index (χ1n) is 5.39. The van der Waals surface area contributed by atoms with Crippen molar-refractivity contribution in [3.8, 4) is 5.75 Å². The highest BCUT2D eigenvalue weighted by molar-refractivity contribution is 6.32. The molecule has 0 aromatic heterocycles. The zero-order valence-corrected chi connectivity index (χ0v) is 10.6. The van der Waals surface area contributed by atoms with Crippen LogP contribution in [-0.2, 0) is 6.54 Å². The molecule has 1 aromatic carbocycles. The fourth-order valence-electron chi connectivity index (χ4n) is 1.31. The van der Waals surface area contributed by atoms with E-state index in [-0.39, 0.29) is 0 Å². The number of ether oxygens (including phenoxy) is 1. The van der Waals surface area contributed by atoms with Crippen molar-refractivity contribution in [2.75, 3.05) is 6.61 Å². The van der Waals surface area contributed by atoms with Gasteiger partial charge in [0.25, 0.3) is 0 Å². The van der Waals surface area contributed by atoms with Crippen LogP contribution in [0.4, 0.5) is 0 Å². The summed E-state index contributed by atoms with van der Waals surface area (Å²) in [5, 5.41) is 3.98. The van der Waals surface area contributed by atoms with Crippen molar-refractivity contribution in [3.63, 3.8) is 0 Å². The molecule has 88 valence electrons. The van der Waals surface area contributed by atoms with Crippen LogP contribution in [0.2, 0.25) is 5.02 Å². The van der Waals surface area contributed by atoms with E-state index >= 15 is 0 Å². The van der Waals surface area contributed by atoms with Gasteiger partial charge in [-0.1, -0.05) is 50.2 Å². The van der Waals surface area contributed by atoms with Crippen LogP contribution in [0.1, 0.15) is 19.4 Å². The van der Waals surface area contributed by atoms with E-state index in [4.69, 9.17) is 16.3 Å². The second-order valence-electron chi connectivity index (χ2n) is 3.86. The average molecular weight is 240 g/mol. The molecule has 0 atom stereocenters. The molecule has 0 fully saturated rings. The quantitative estimate of drug-likeness (QED) is 0.769. The van der Waals surface area contributed by atoms with Crippen molar-refractivity contribution >= 4 is 11.6 Å². The number of hydrogen-bond acceptors (Lipinski definition) is 2. The molecule has 1 N–H and O–H groups in total. The molecule has 1 aromatic rings. The lowest BCUT2D eigenvalue weighted by Crippen LogP contribution is -2.22. The Morgan fingerprint density at radius 1 is 1.50 bits per heavy atom. The number of benzene rings is 1. The molecule has 1 rings (SSSR count). The topological polar surface area (TPSA) is 21.3 Å². The zero-order valence-electron chi connectivity index (χ0n) is 9.79. The lowest BCUT2D eigenvalue weighted by molar-refractivity contribution is 0.357. The molecule has 0 unspecified atom stereocenters. The highest BCUT2D eigenvalue weighted by Crippen LogP contribution is 2.28. The van der Waals surface area contributed by atoms with Gasteiger partial charge in [0.1, 0.15) is 12.4 Å². The molecule has 0 heterocycles. The number of para-hydroxylation sites is 1. The first-order valence-corrected chi connectivity index (χ1v) is 5.77. The Balaban J connectivity index is 2.80. The number of hydrogen-bond donors (Lipinski definition) is 1. The highest BCUT2D eigenvalue weighted by atomic mass is 35.5. The van der Waals surface area contributed by atoms with Gasteiger partial charge in [0, 0.05) is 18.2 Å². The Kier molecular flexibility index (Phi) is 5.36. The summed E-state index contributed by atoms with van der Waals surface area (Å²) in [5.41, 5.74) is 1.07. The van der Waals surface area contributed by atoms with E-state index in [1.807, 2.05) is 18.2 Å². The summed E-state index contributed by atoms with van der Waals surface area (Å²) in [6.45, 7) is 9.06. The van der Waals surface area contributed by atoms with Crippen LogP contribution in [0.5, 0.6) is 5.75 Å². The summed E-state index contributed by atoms with van der Waals surface area (Å²) in [6, 6.07) is 6.21. The van der Waals surface area contributed by atoms with E-state index in [2.05, 4.69) is 25.7 Å². The standard InChI is InChI=1S/C13H18ClNO/c1-4-8-16-13-11(9-15-10(2)3)6-5-7-12(13)14/h4-7,10,15H,1,8-9H2,2-3H3. The Hall–Kier alpha value is -0.990. The van der Waals surface area contributed by atoms with Crippen LogP contribution < -0.4 is 10.1 Å². The fourth-order valence-corrected chi connectivity index (χ4v) is 1.56. The van der Waals surface area contributed by atoms with E-state index in [1.165, 1.54) is 0 Å². The van der Waals surface area contributed by atoms with Crippen molar-refractivity contribution in [1.82, 2.24) is 5.32 Å². The third-order valence-corrected chi connectivity index (χ3v) is 2.39. The van der Waals surface area contributed by atoms with Gasteiger partial charge in [-0.05, 0) is 6.07 Å². The van der Waals surface area contributed by atoms with Gasteiger partial charge < -0.3 is 10.1 Å². The normalized spacial score (nSPS) is 10.5. The summed E-state index contributed by atoms with van der Waals surface area (Å²) < 4.78 is 5.56. The molecule has 2 nitrogen and oxygen atoms in total. The van der Waals surface area contributed by atoms with Crippen molar-refractivity contribution in [2.45, 2.75) is 26.4 Å². The molecule has 3 heteroatoms. The minimum Gasteiger partial charge on any atom is -0.488 e. The Labute approximate surface area is 102 Å². The molecule has 0 saturated carbocycles. The third-order valence-electron chi connectivity index (χ3n) is 2.09. The predicted molar refractivity (Wildman–Crippen MR) is 69.1 cm³/mol. The molecule has 0 aliphatic carbocycles. The van der Waals surface area contributed by atoms with Crippen molar-refractivity contribution in [3.05, 3.63) is 41.4 Å². The van der Waals surface area contributed by atoms with Crippen molar-refractivity contribution in [1.29, 1.82) is 0 Å². The maximum absolute atomic E-state index is 6.09. The van der Waals surface area contributed by atoms with Crippen LogP contribution in [-0.4, -0.2) is 12.6 Å². The number of nitrogens with one attached hydrogen (secondary N) is 1. The van der Waals surface area contributed by atoms with E-state index < -0.39 is 0 Å². The SMILES string of the molecule is C=CCOc1c(Cl)cccc1CNC(C)C. The minimum atomic E-state index is 0.436. The van der Waals surface area contributed by atoms with Gasteiger partial charge in [0.05, 0.1) is 5.02 Å². The molecule has 0 aliphatic rings. The largest absolute Gasteiger partial charge is 0.488 e. The average Bonchev–Trinajstić information content (AvgIpc) is 2.25. The Bertz CT molecular complexity index is 350. The zero-order chi connectivity index (χ0) is 12.0. The molecular formula is C13H18ClNO. The second kappa shape index (κ2) is 6.56. The predicted octanol–water partition coefficient (Wildman–Crippen LogP) is 3.40. The molecular weight excluding hydrogens is 222 g/mol. The summed E-state index contributed by atoms with van der Waals surface area (Å²) in [5.74, 6) is 0.747. The van der Waals surface area contributed by atoms with Gasteiger partial charge in [0.2, 0.25) is 0 Å². The van der Waals surface area contributed by atoms with Crippen LogP contribution in [0.3, 0.4) is 0 Å². The van der Waals surface area contributed by atoms with Crippen molar-refractivity contribution in [2.24, 2.45) is 0 Å². The van der Waals surface area contributed by atoms with Crippen LogP contribution in [0.15, 0.2) is 30.9 Å². The smallest absolute Gasteiger partial charge is 0.142 e. The third kappa shape index (κ3) is 3.87. The van der Waals surface area contributed by atoms with Crippen LogP contribution >= 0.6 is 11.6 Å². The first kappa shape index (κ1) is 13.1. The van der Waals surface area contributed by atoms with E-state index in [1.54, 1.807) is 6.08 Å². The van der Waals surface area contributed by atoms with Gasteiger partial charge in [-0.2, -0.15) is 0 Å². The summed E-state index contributed by atoms with van der Waals surface area (Å²) in [7, 11) is 0. The monoisotopic (exact) mass is 239 g/mol.